The van der Waals surface area contributed by atoms with Crippen LogP contribution in [0.25, 0.3) is 54.6 Å². The van der Waals surface area contributed by atoms with E-state index in [-0.39, 0.29) is 30.4 Å². The fourth-order valence-corrected chi connectivity index (χ4v) is 8.86. The number of fused-ring (bicyclic) bond motifs is 3. The molecule has 0 aromatic heterocycles. The molecule has 7 rings (SSSR count). The van der Waals surface area contributed by atoms with Gasteiger partial charge in [0.05, 0.1) is 6.61 Å². The minimum absolute atomic E-state index is 0.0490. The molecule has 0 saturated heterocycles. The monoisotopic (exact) mass is 834 g/mol. The highest BCUT2D eigenvalue weighted by Gasteiger charge is 2.82. The first-order chi connectivity index (χ1) is 28.0. The topological polar surface area (TPSA) is 26.3 Å². The van der Waals surface area contributed by atoms with Crippen molar-refractivity contribution in [3.8, 4) is 22.3 Å². The summed E-state index contributed by atoms with van der Waals surface area (Å²) < 4.78 is 134. The predicted molar refractivity (Wildman–Crippen MR) is 219 cm³/mol. The van der Waals surface area contributed by atoms with Gasteiger partial charge in [0.15, 0.2) is 0 Å². The highest BCUT2D eigenvalue weighted by Crippen LogP contribution is 2.60. The van der Waals surface area contributed by atoms with E-state index in [1.165, 1.54) is 5.56 Å². The Morgan fingerprint density at radius 3 is 1.87 bits per heavy atom. The minimum atomic E-state index is -7.05. The zero-order valence-corrected chi connectivity index (χ0v) is 33.5. The van der Waals surface area contributed by atoms with Gasteiger partial charge in [-0.25, -0.2) is 4.79 Å². The van der Waals surface area contributed by atoms with Gasteiger partial charge in [0.25, 0.3) is 0 Å². The summed E-state index contributed by atoms with van der Waals surface area (Å²) in [5.74, 6) is -20.4. The van der Waals surface area contributed by atoms with Crippen LogP contribution in [-0.4, -0.2) is 30.6 Å². The van der Waals surface area contributed by atoms with E-state index < -0.39 is 40.9 Å². The summed E-state index contributed by atoms with van der Waals surface area (Å²) in [5, 5.41) is 6.30. The second-order valence-corrected chi connectivity index (χ2v) is 16.7. The van der Waals surface area contributed by atoms with Crippen LogP contribution < -0.4 is 0 Å². The summed E-state index contributed by atoms with van der Waals surface area (Å²) in [6, 6.07) is 24.5. The number of halogens is 9. The van der Waals surface area contributed by atoms with Crippen molar-refractivity contribution in [2.75, 3.05) is 6.61 Å². The number of carbonyl (C=O) groups is 1. The van der Waals surface area contributed by atoms with Crippen LogP contribution in [0.1, 0.15) is 82.1 Å². The highest BCUT2D eigenvalue weighted by molar-refractivity contribution is 6.25. The van der Waals surface area contributed by atoms with Crippen LogP contribution in [0.2, 0.25) is 0 Å². The van der Waals surface area contributed by atoms with Crippen molar-refractivity contribution in [3.05, 3.63) is 132 Å². The molecule has 2 nitrogen and oxygen atoms in total. The summed E-state index contributed by atoms with van der Waals surface area (Å²) in [4.78, 5) is 11.6. The number of unbranched alkanes of at least 4 members (excludes halogenated alkanes) is 2. The van der Waals surface area contributed by atoms with Gasteiger partial charge in [-0.1, -0.05) is 132 Å². The van der Waals surface area contributed by atoms with Crippen LogP contribution >= 0.6 is 0 Å². The molecule has 0 bridgehead atoms. The normalized spacial score (nSPS) is 16.1. The second kappa shape index (κ2) is 14.7. The quantitative estimate of drug-likeness (QED) is 0.0289. The second-order valence-electron chi connectivity index (χ2n) is 16.7. The molecule has 11 heteroatoms. The largest absolute Gasteiger partial charge is 0.463 e. The summed E-state index contributed by atoms with van der Waals surface area (Å²) in [6.45, 7) is 16.0. The van der Waals surface area contributed by atoms with Crippen LogP contribution in [0.3, 0.4) is 0 Å². The van der Waals surface area contributed by atoms with Gasteiger partial charge in [-0.15, -0.1) is 0 Å². The number of carbonyl (C=O) groups excluding carboxylic acids is 1. The lowest BCUT2D eigenvalue weighted by molar-refractivity contribution is -0.399. The first-order valence-corrected chi connectivity index (χ1v) is 19.7. The third-order valence-electron chi connectivity index (χ3n) is 12.2. The minimum Gasteiger partial charge on any atom is -0.463 e. The van der Waals surface area contributed by atoms with Gasteiger partial charge in [-0.2, -0.15) is 39.5 Å². The van der Waals surface area contributed by atoms with E-state index in [1.807, 2.05) is 24.3 Å². The molecule has 0 spiro atoms. The van der Waals surface area contributed by atoms with Gasteiger partial charge >= 0.3 is 29.9 Å². The van der Waals surface area contributed by atoms with Crippen molar-refractivity contribution in [1.82, 2.24) is 0 Å². The summed E-state index contributed by atoms with van der Waals surface area (Å²) >= 11 is 0. The maximum atomic E-state index is 15.7. The summed E-state index contributed by atoms with van der Waals surface area (Å²) in [7, 11) is 0. The zero-order valence-electron chi connectivity index (χ0n) is 33.5. The first kappa shape index (κ1) is 42.8. The molecule has 314 valence electrons. The molecule has 0 aliphatic heterocycles. The van der Waals surface area contributed by atoms with Gasteiger partial charge in [0.1, 0.15) is 0 Å². The average Bonchev–Trinajstić information content (AvgIpc) is 3.48. The molecule has 0 N–H and O–H groups in total. The standard InChI is InChI=1S/C49H43F9O2/c1-7-28(3)45(22-10-9-11-23-60-41(59)8-2)39-26-30(35-18-14-29-12-13-31-24-34(44(4,5)6)25-32-16-20-38(35)43(29)42(31)32)15-19-36(39)37-21-17-33(27-40(37)45)46(50,51)47(52,53)48(54,55)49(56,57)58/h8,12-21,24-27H,2-3,7,9-11,22-23H2,1,4-6H3. The van der Waals surface area contributed by atoms with Gasteiger partial charge in [0.2, 0.25) is 0 Å². The predicted octanol–water partition coefficient (Wildman–Crippen LogP) is 15.0. The van der Waals surface area contributed by atoms with Crippen molar-refractivity contribution >= 4 is 38.3 Å². The Morgan fingerprint density at radius 2 is 1.25 bits per heavy atom. The number of allylic oxidation sites excluding steroid dienone is 1. The molecule has 0 radical (unpaired) electrons. The molecule has 0 saturated carbocycles. The van der Waals surface area contributed by atoms with E-state index >= 15 is 8.78 Å². The Labute approximate surface area is 342 Å². The first-order valence-electron chi connectivity index (χ1n) is 19.7. The van der Waals surface area contributed by atoms with Crippen molar-refractivity contribution in [1.29, 1.82) is 0 Å². The van der Waals surface area contributed by atoms with Crippen LogP contribution in [-0.2, 0) is 26.3 Å². The molecule has 1 atom stereocenters. The Bertz CT molecular complexity index is 2650. The number of alkyl halides is 9. The van der Waals surface area contributed by atoms with Gasteiger partial charge in [-0.05, 0) is 108 Å². The maximum Gasteiger partial charge on any atom is 0.460 e. The maximum absolute atomic E-state index is 15.7. The average molecular weight is 835 g/mol. The number of ether oxygens (including phenoxy) is 1. The molecule has 0 amide bonds. The van der Waals surface area contributed by atoms with E-state index in [9.17, 15) is 35.5 Å². The van der Waals surface area contributed by atoms with Crippen molar-refractivity contribution in [3.63, 3.8) is 0 Å². The summed E-state index contributed by atoms with van der Waals surface area (Å²) in [6.07, 6.45) is -4.23. The van der Waals surface area contributed by atoms with Crippen molar-refractivity contribution < 1.29 is 49.0 Å². The molecular formula is C49H43F9O2. The van der Waals surface area contributed by atoms with Crippen molar-refractivity contribution in [2.45, 2.75) is 94.6 Å². The summed E-state index contributed by atoms with van der Waals surface area (Å²) in [5.41, 5.74) is 1.71. The lowest BCUT2D eigenvalue weighted by Gasteiger charge is -2.36. The van der Waals surface area contributed by atoms with Crippen LogP contribution in [0.5, 0.6) is 0 Å². The fourth-order valence-electron chi connectivity index (χ4n) is 8.86. The van der Waals surface area contributed by atoms with Crippen LogP contribution in [0.4, 0.5) is 39.5 Å². The number of esters is 1. The molecule has 6 aromatic carbocycles. The van der Waals surface area contributed by atoms with Gasteiger partial charge < -0.3 is 4.74 Å². The molecule has 0 heterocycles. The van der Waals surface area contributed by atoms with Crippen LogP contribution in [0, 0.1) is 0 Å². The van der Waals surface area contributed by atoms with E-state index in [1.54, 1.807) is 13.0 Å². The van der Waals surface area contributed by atoms with E-state index in [0.29, 0.717) is 53.7 Å². The third-order valence-corrected chi connectivity index (χ3v) is 12.2. The third kappa shape index (κ3) is 6.54. The lowest BCUT2D eigenvalue weighted by Crippen LogP contribution is -2.59. The number of benzene rings is 6. The number of hydrogen-bond donors (Lipinski definition) is 0. The highest BCUT2D eigenvalue weighted by atomic mass is 19.4. The van der Waals surface area contributed by atoms with Gasteiger partial charge in [-0.3, -0.25) is 0 Å². The van der Waals surface area contributed by atoms with E-state index in [0.717, 1.165) is 55.6 Å². The Morgan fingerprint density at radius 1 is 0.667 bits per heavy atom. The number of hydrogen-bond acceptors (Lipinski definition) is 2. The molecule has 1 aliphatic rings. The van der Waals surface area contributed by atoms with E-state index in [2.05, 4.69) is 70.3 Å². The van der Waals surface area contributed by atoms with Gasteiger partial charge in [0, 0.05) is 17.1 Å². The molecule has 60 heavy (non-hydrogen) atoms. The Balaban J connectivity index is 1.40. The zero-order chi connectivity index (χ0) is 43.8. The van der Waals surface area contributed by atoms with E-state index in [4.69, 9.17) is 4.74 Å². The SMILES string of the molecule is C=CC(=O)OCCCCCC1(C(=C)CC)c2cc(-c3ccc4ccc5cc(C(C)(C)C)cc6ccc3c4c56)ccc2-c2ccc(C(F)(F)C(F)(F)C(F)(F)C(F)(F)F)cc21. The van der Waals surface area contributed by atoms with Crippen LogP contribution in [0.15, 0.2) is 110 Å². The number of rotatable bonds is 13. The molecule has 1 unspecified atom stereocenters. The molecule has 6 aromatic rings. The Kier molecular flexibility index (Phi) is 10.5. The van der Waals surface area contributed by atoms with Crippen molar-refractivity contribution in [2.24, 2.45) is 0 Å². The smallest absolute Gasteiger partial charge is 0.460 e. The lowest BCUT2D eigenvalue weighted by atomic mass is 9.67. The Hall–Kier alpha value is -5.32. The molecule has 1 aliphatic carbocycles. The molecular weight excluding hydrogens is 792 g/mol. The fraction of sp³-hybridized carbons (Fsp3) is 0.327. The molecule has 0 fully saturated rings.